The highest BCUT2D eigenvalue weighted by atomic mass is 32.1. The summed E-state index contributed by atoms with van der Waals surface area (Å²) in [7, 11) is 0. The van der Waals surface area contributed by atoms with Gasteiger partial charge in [0, 0.05) is 12.3 Å². The van der Waals surface area contributed by atoms with E-state index in [9.17, 15) is 14.4 Å². The molecule has 2 heterocycles. The first kappa shape index (κ1) is 18.0. The molecule has 3 N–H and O–H groups in total. The Morgan fingerprint density at radius 2 is 2.04 bits per heavy atom. The molecule has 1 atom stereocenters. The van der Waals surface area contributed by atoms with Gasteiger partial charge in [0.1, 0.15) is 11.0 Å². The lowest BCUT2D eigenvalue weighted by atomic mass is 10.1. The molecule has 8 nitrogen and oxygen atoms in total. The highest BCUT2D eigenvalue weighted by molar-refractivity contribution is 7.15. The number of carbonyl (C=O) groups is 3. The molecule has 1 aliphatic heterocycles. The Hall–Kier alpha value is -2.81. The number of nitrogens with zero attached hydrogens (tertiary/aromatic N) is 2. The highest BCUT2D eigenvalue weighted by Crippen LogP contribution is 2.23. The van der Waals surface area contributed by atoms with Crippen molar-refractivity contribution in [2.45, 2.75) is 38.6 Å². The number of anilines is 2. The lowest BCUT2D eigenvalue weighted by Crippen LogP contribution is -2.41. The minimum absolute atomic E-state index is 0.0747. The van der Waals surface area contributed by atoms with Gasteiger partial charge in [-0.1, -0.05) is 37.3 Å². The van der Waals surface area contributed by atoms with Crippen molar-refractivity contribution < 1.29 is 14.4 Å². The number of amides is 3. The molecule has 0 saturated carbocycles. The predicted octanol–water partition coefficient (Wildman–Crippen LogP) is 2.13. The third-order valence-corrected chi connectivity index (χ3v) is 5.03. The molecule has 0 bridgehead atoms. The van der Waals surface area contributed by atoms with Gasteiger partial charge in [0.05, 0.1) is 11.3 Å². The lowest BCUT2D eigenvalue weighted by Gasteiger charge is -2.13. The maximum atomic E-state index is 12.3. The first-order chi connectivity index (χ1) is 12.4. The summed E-state index contributed by atoms with van der Waals surface area (Å²) in [6.45, 7) is 3.99. The maximum absolute atomic E-state index is 12.3. The summed E-state index contributed by atoms with van der Waals surface area (Å²) in [4.78, 5) is 36.6. The molecule has 0 aliphatic carbocycles. The zero-order valence-electron chi connectivity index (χ0n) is 14.4. The van der Waals surface area contributed by atoms with E-state index in [1.165, 1.54) is 11.3 Å². The largest absolute Gasteiger partial charge is 0.340 e. The standard InChI is InChI=1S/C17H19N5O3S/c1-9(2)16-21-22-17(26-16)20-13(23)8-7-12-15(25)18-11-6-4-3-5-10(11)14(24)19-12/h3-6,9,12H,7-8H2,1-2H3,(H,18,25)(H,19,24)(H,20,22,23). The molecule has 0 spiro atoms. The van der Waals surface area contributed by atoms with Crippen LogP contribution in [-0.2, 0) is 9.59 Å². The summed E-state index contributed by atoms with van der Waals surface area (Å²) in [5, 5.41) is 17.3. The monoisotopic (exact) mass is 373 g/mol. The summed E-state index contributed by atoms with van der Waals surface area (Å²) in [5.74, 6) is -0.714. The number of rotatable bonds is 5. The molecule has 136 valence electrons. The van der Waals surface area contributed by atoms with Crippen LogP contribution in [0.4, 0.5) is 10.8 Å². The van der Waals surface area contributed by atoms with E-state index in [0.29, 0.717) is 16.4 Å². The number of para-hydroxylation sites is 1. The van der Waals surface area contributed by atoms with Crippen molar-refractivity contribution in [2.24, 2.45) is 0 Å². The van der Waals surface area contributed by atoms with E-state index in [-0.39, 0.29) is 36.5 Å². The topological polar surface area (TPSA) is 113 Å². The molecular weight excluding hydrogens is 354 g/mol. The van der Waals surface area contributed by atoms with E-state index in [1.54, 1.807) is 24.3 Å². The second kappa shape index (κ2) is 7.61. The minimum Gasteiger partial charge on any atom is -0.340 e. The van der Waals surface area contributed by atoms with Crippen LogP contribution in [0.15, 0.2) is 24.3 Å². The van der Waals surface area contributed by atoms with E-state index >= 15 is 0 Å². The van der Waals surface area contributed by atoms with E-state index in [1.807, 2.05) is 13.8 Å². The van der Waals surface area contributed by atoms with Crippen LogP contribution in [-0.4, -0.2) is 34.0 Å². The Balaban J connectivity index is 1.58. The number of carbonyl (C=O) groups excluding carboxylic acids is 3. The quantitative estimate of drug-likeness (QED) is 0.743. The van der Waals surface area contributed by atoms with E-state index in [4.69, 9.17) is 0 Å². The van der Waals surface area contributed by atoms with Gasteiger partial charge in [-0.3, -0.25) is 14.4 Å². The molecule has 3 amide bonds. The Kier molecular flexibility index (Phi) is 5.27. The third kappa shape index (κ3) is 4.05. The first-order valence-corrected chi connectivity index (χ1v) is 9.09. The molecule has 1 aromatic heterocycles. The van der Waals surface area contributed by atoms with Gasteiger partial charge in [-0.15, -0.1) is 10.2 Å². The molecule has 9 heteroatoms. The summed E-state index contributed by atoms with van der Waals surface area (Å²) in [5.41, 5.74) is 0.875. The van der Waals surface area contributed by atoms with Gasteiger partial charge < -0.3 is 16.0 Å². The van der Waals surface area contributed by atoms with Crippen LogP contribution in [0.2, 0.25) is 0 Å². The van der Waals surface area contributed by atoms with Crippen LogP contribution in [0.1, 0.15) is 48.0 Å². The van der Waals surface area contributed by atoms with Crippen LogP contribution in [0, 0.1) is 0 Å². The van der Waals surface area contributed by atoms with Crippen molar-refractivity contribution in [2.75, 3.05) is 10.6 Å². The van der Waals surface area contributed by atoms with Crippen molar-refractivity contribution in [3.05, 3.63) is 34.8 Å². The zero-order chi connectivity index (χ0) is 18.7. The Morgan fingerprint density at radius 3 is 2.77 bits per heavy atom. The van der Waals surface area contributed by atoms with Crippen LogP contribution in [0.5, 0.6) is 0 Å². The molecule has 2 aromatic rings. The summed E-state index contributed by atoms with van der Waals surface area (Å²) in [6, 6.07) is 6.01. The second-order valence-electron chi connectivity index (χ2n) is 6.25. The van der Waals surface area contributed by atoms with Gasteiger partial charge >= 0.3 is 0 Å². The van der Waals surface area contributed by atoms with Crippen molar-refractivity contribution in [1.82, 2.24) is 15.5 Å². The fourth-order valence-electron chi connectivity index (χ4n) is 2.49. The van der Waals surface area contributed by atoms with Gasteiger partial charge in [0.2, 0.25) is 16.9 Å². The number of fused-ring (bicyclic) bond motifs is 1. The SMILES string of the molecule is CC(C)c1nnc(NC(=O)CCC2NC(=O)c3ccccc3NC2=O)s1. The smallest absolute Gasteiger partial charge is 0.254 e. The van der Waals surface area contributed by atoms with Crippen LogP contribution >= 0.6 is 11.3 Å². The molecular formula is C17H19N5O3S. The average molecular weight is 373 g/mol. The maximum Gasteiger partial charge on any atom is 0.254 e. The second-order valence-corrected chi connectivity index (χ2v) is 7.26. The molecule has 1 unspecified atom stereocenters. The molecule has 3 rings (SSSR count). The minimum atomic E-state index is -0.777. The fraction of sp³-hybridized carbons (Fsp3) is 0.353. The number of hydrogen-bond donors (Lipinski definition) is 3. The van der Waals surface area contributed by atoms with Gasteiger partial charge in [-0.25, -0.2) is 0 Å². The van der Waals surface area contributed by atoms with Crippen molar-refractivity contribution in [1.29, 1.82) is 0 Å². The molecule has 1 aromatic carbocycles. The fourth-order valence-corrected chi connectivity index (χ4v) is 3.25. The van der Waals surface area contributed by atoms with E-state index < -0.39 is 6.04 Å². The Labute approximate surface area is 154 Å². The third-order valence-electron chi connectivity index (χ3n) is 3.89. The first-order valence-electron chi connectivity index (χ1n) is 8.28. The van der Waals surface area contributed by atoms with E-state index in [2.05, 4.69) is 26.1 Å². The van der Waals surface area contributed by atoms with Gasteiger partial charge in [0.25, 0.3) is 5.91 Å². The number of benzene rings is 1. The van der Waals surface area contributed by atoms with Crippen molar-refractivity contribution in [3.63, 3.8) is 0 Å². The average Bonchev–Trinajstić information content (AvgIpc) is 3.02. The number of aromatic nitrogens is 2. The zero-order valence-corrected chi connectivity index (χ0v) is 15.2. The molecule has 0 radical (unpaired) electrons. The van der Waals surface area contributed by atoms with Gasteiger partial charge in [0.15, 0.2) is 0 Å². The normalized spacial score (nSPS) is 16.5. The van der Waals surface area contributed by atoms with Crippen LogP contribution in [0.3, 0.4) is 0 Å². The van der Waals surface area contributed by atoms with Crippen molar-refractivity contribution >= 4 is 39.9 Å². The predicted molar refractivity (Wildman–Crippen MR) is 98.2 cm³/mol. The van der Waals surface area contributed by atoms with Gasteiger partial charge in [-0.05, 0) is 18.6 Å². The molecule has 26 heavy (non-hydrogen) atoms. The Bertz CT molecular complexity index is 848. The van der Waals surface area contributed by atoms with Crippen LogP contribution < -0.4 is 16.0 Å². The number of hydrogen-bond acceptors (Lipinski definition) is 6. The highest BCUT2D eigenvalue weighted by Gasteiger charge is 2.28. The number of nitrogens with one attached hydrogen (secondary N) is 3. The van der Waals surface area contributed by atoms with Crippen molar-refractivity contribution in [3.8, 4) is 0 Å². The molecule has 1 aliphatic rings. The Morgan fingerprint density at radius 1 is 1.27 bits per heavy atom. The molecule has 0 fully saturated rings. The summed E-state index contributed by atoms with van der Waals surface area (Å²) in [6.07, 6.45) is 0.262. The summed E-state index contributed by atoms with van der Waals surface area (Å²) < 4.78 is 0. The van der Waals surface area contributed by atoms with Gasteiger partial charge in [-0.2, -0.15) is 0 Å². The lowest BCUT2D eigenvalue weighted by molar-refractivity contribution is -0.118. The van der Waals surface area contributed by atoms with E-state index in [0.717, 1.165) is 5.01 Å². The van der Waals surface area contributed by atoms with Crippen LogP contribution in [0.25, 0.3) is 0 Å². The molecule has 0 saturated heterocycles. The summed E-state index contributed by atoms with van der Waals surface area (Å²) >= 11 is 1.32.